The van der Waals surface area contributed by atoms with Gasteiger partial charge in [-0.2, -0.15) is 0 Å². The van der Waals surface area contributed by atoms with Crippen molar-refractivity contribution in [3.8, 4) is 0 Å². The van der Waals surface area contributed by atoms with Crippen LogP contribution in [-0.4, -0.2) is 19.0 Å². The Kier molecular flexibility index (Phi) is 2.91. The third-order valence-electron chi connectivity index (χ3n) is 3.96. The van der Waals surface area contributed by atoms with Gasteiger partial charge in [0.25, 0.3) is 0 Å². The van der Waals surface area contributed by atoms with Crippen LogP contribution in [-0.2, 0) is 4.79 Å². The highest BCUT2D eigenvalue weighted by Gasteiger charge is 2.68. The molecule has 14 heavy (non-hydrogen) atoms. The maximum atomic E-state index is 11.8. The van der Waals surface area contributed by atoms with Crippen molar-refractivity contribution < 1.29 is 4.79 Å². The SMILES string of the molecule is CC1(C)C(C(=O)NCCCN)C1(C)C. The molecule has 0 bridgehead atoms. The van der Waals surface area contributed by atoms with Crippen molar-refractivity contribution in [2.24, 2.45) is 22.5 Å². The molecule has 1 amide bonds. The molecule has 1 fully saturated rings. The second kappa shape index (κ2) is 3.54. The average Bonchev–Trinajstić information content (AvgIpc) is 2.43. The van der Waals surface area contributed by atoms with E-state index in [1.165, 1.54) is 0 Å². The molecular weight excluding hydrogens is 176 g/mol. The second-order valence-corrected chi connectivity index (χ2v) is 5.31. The van der Waals surface area contributed by atoms with Crippen LogP contribution < -0.4 is 11.1 Å². The molecule has 0 aromatic carbocycles. The first-order valence-electron chi connectivity index (χ1n) is 5.33. The van der Waals surface area contributed by atoms with Gasteiger partial charge >= 0.3 is 0 Å². The molecule has 1 aliphatic rings. The van der Waals surface area contributed by atoms with Crippen molar-refractivity contribution in [1.29, 1.82) is 0 Å². The number of hydrogen-bond donors (Lipinski definition) is 2. The van der Waals surface area contributed by atoms with Crippen molar-refractivity contribution in [3.63, 3.8) is 0 Å². The Morgan fingerprint density at radius 1 is 1.29 bits per heavy atom. The summed E-state index contributed by atoms with van der Waals surface area (Å²) in [6.45, 7) is 9.95. The fourth-order valence-electron chi connectivity index (χ4n) is 2.27. The maximum Gasteiger partial charge on any atom is 0.224 e. The average molecular weight is 198 g/mol. The summed E-state index contributed by atoms with van der Waals surface area (Å²) in [7, 11) is 0. The minimum Gasteiger partial charge on any atom is -0.356 e. The summed E-state index contributed by atoms with van der Waals surface area (Å²) in [5.74, 6) is 0.348. The van der Waals surface area contributed by atoms with Gasteiger partial charge in [0.15, 0.2) is 0 Å². The lowest BCUT2D eigenvalue weighted by Crippen LogP contribution is -2.29. The molecule has 1 rings (SSSR count). The van der Waals surface area contributed by atoms with E-state index in [1.54, 1.807) is 0 Å². The van der Waals surface area contributed by atoms with Gasteiger partial charge in [-0.15, -0.1) is 0 Å². The molecule has 0 atom stereocenters. The smallest absolute Gasteiger partial charge is 0.224 e. The summed E-state index contributed by atoms with van der Waals surface area (Å²) in [5, 5.41) is 2.94. The minimum atomic E-state index is 0.139. The van der Waals surface area contributed by atoms with Crippen molar-refractivity contribution in [1.82, 2.24) is 5.32 Å². The van der Waals surface area contributed by atoms with E-state index in [0.29, 0.717) is 13.1 Å². The normalized spacial score (nSPS) is 23.2. The van der Waals surface area contributed by atoms with Gasteiger partial charge in [0.2, 0.25) is 5.91 Å². The number of amides is 1. The first-order chi connectivity index (χ1) is 6.35. The lowest BCUT2D eigenvalue weighted by Gasteiger charge is -2.04. The minimum absolute atomic E-state index is 0.139. The number of nitrogens with one attached hydrogen (secondary N) is 1. The van der Waals surface area contributed by atoms with Crippen LogP contribution in [0.3, 0.4) is 0 Å². The van der Waals surface area contributed by atoms with Crippen LogP contribution in [0.1, 0.15) is 34.1 Å². The summed E-state index contributed by atoms with van der Waals surface area (Å²) in [6, 6.07) is 0. The van der Waals surface area contributed by atoms with E-state index in [0.717, 1.165) is 6.42 Å². The Morgan fingerprint density at radius 2 is 1.79 bits per heavy atom. The van der Waals surface area contributed by atoms with Crippen molar-refractivity contribution >= 4 is 5.91 Å². The first kappa shape index (κ1) is 11.5. The number of carbonyl (C=O) groups excluding carboxylic acids is 1. The molecule has 0 aliphatic heterocycles. The highest BCUT2D eigenvalue weighted by Crippen LogP contribution is 2.68. The van der Waals surface area contributed by atoms with Gasteiger partial charge in [0.1, 0.15) is 0 Å². The van der Waals surface area contributed by atoms with Crippen LogP contribution in [0.4, 0.5) is 0 Å². The zero-order chi connectivity index (χ0) is 11.0. The number of nitrogens with two attached hydrogens (primary N) is 1. The van der Waals surface area contributed by atoms with Crippen molar-refractivity contribution in [3.05, 3.63) is 0 Å². The molecular formula is C11H22N2O. The Labute approximate surface area is 86.4 Å². The van der Waals surface area contributed by atoms with Gasteiger partial charge in [-0.1, -0.05) is 27.7 Å². The number of carbonyl (C=O) groups is 1. The van der Waals surface area contributed by atoms with Gasteiger partial charge in [0.05, 0.1) is 0 Å². The van der Waals surface area contributed by atoms with Crippen LogP contribution in [0, 0.1) is 16.7 Å². The standard InChI is InChI=1S/C11H22N2O/c1-10(2)8(11(10,3)4)9(14)13-7-5-6-12/h8H,5-7,12H2,1-4H3,(H,13,14). The molecule has 0 aromatic heterocycles. The lowest BCUT2D eigenvalue weighted by molar-refractivity contribution is -0.123. The monoisotopic (exact) mass is 198 g/mol. The van der Waals surface area contributed by atoms with E-state index in [-0.39, 0.29) is 22.7 Å². The predicted octanol–water partition coefficient (Wildman–Crippen LogP) is 1.13. The fraction of sp³-hybridized carbons (Fsp3) is 0.909. The summed E-state index contributed by atoms with van der Waals surface area (Å²) >= 11 is 0. The van der Waals surface area contributed by atoms with Gasteiger partial charge in [-0.3, -0.25) is 4.79 Å². The lowest BCUT2D eigenvalue weighted by atomic mass is 10.0. The molecule has 3 heteroatoms. The quantitative estimate of drug-likeness (QED) is 0.665. The van der Waals surface area contributed by atoms with E-state index in [2.05, 4.69) is 33.0 Å². The van der Waals surface area contributed by atoms with E-state index in [4.69, 9.17) is 5.73 Å². The molecule has 3 N–H and O–H groups in total. The Bertz CT molecular complexity index is 219. The zero-order valence-corrected chi connectivity index (χ0v) is 9.68. The number of hydrogen-bond acceptors (Lipinski definition) is 2. The topological polar surface area (TPSA) is 55.1 Å². The molecule has 0 spiro atoms. The van der Waals surface area contributed by atoms with Gasteiger partial charge < -0.3 is 11.1 Å². The third-order valence-corrected chi connectivity index (χ3v) is 3.96. The Balaban J connectivity index is 2.42. The largest absolute Gasteiger partial charge is 0.356 e. The molecule has 1 saturated carbocycles. The highest BCUT2D eigenvalue weighted by atomic mass is 16.2. The van der Waals surface area contributed by atoms with Gasteiger partial charge in [0, 0.05) is 12.5 Å². The molecule has 0 unspecified atom stereocenters. The highest BCUT2D eigenvalue weighted by molar-refractivity contribution is 5.84. The van der Waals surface area contributed by atoms with E-state index >= 15 is 0 Å². The Hall–Kier alpha value is -0.570. The predicted molar refractivity (Wildman–Crippen MR) is 57.7 cm³/mol. The second-order valence-electron chi connectivity index (χ2n) is 5.31. The van der Waals surface area contributed by atoms with Crippen LogP contribution >= 0.6 is 0 Å². The van der Waals surface area contributed by atoms with Gasteiger partial charge in [-0.25, -0.2) is 0 Å². The van der Waals surface area contributed by atoms with Gasteiger partial charge in [-0.05, 0) is 23.8 Å². The van der Waals surface area contributed by atoms with Crippen LogP contribution in [0.15, 0.2) is 0 Å². The molecule has 0 saturated heterocycles. The summed E-state index contributed by atoms with van der Waals surface area (Å²) in [4.78, 5) is 11.8. The summed E-state index contributed by atoms with van der Waals surface area (Å²) in [6.07, 6.45) is 0.860. The maximum absolute atomic E-state index is 11.8. The molecule has 0 radical (unpaired) electrons. The summed E-state index contributed by atoms with van der Waals surface area (Å²) < 4.78 is 0. The number of rotatable bonds is 4. The Morgan fingerprint density at radius 3 is 2.14 bits per heavy atom. The molecule has 0 heterocycles. The van der Waals surface area contributed by atoms with Crippen LogP contribution in [0.2, 0.25) is 0 Å². The van der Waals surface area contributed by atoms with Crippen LogP contribution in [0.5, 0.6) is 0 Å². The van der Waals surface area contributed by atoms with Crippen LogP contribution in [0.25, 0.3) is 0 Å². The molecule has 3 nitrogen and oxygen atoms in total. The molecule has 0 aromatic rings. The molecule has 82 valence electrons. The zero-order valence-electron chi connectivity index (χ0n) is 9.68. The van der Waals surface area contributed by atoms with E-state index in [9.17, 15) is 4.79 Å². The fourth-order valence-corrected chi connectivity index (χ4v) is 2.27. The van der Waals surface area contributed by atoms with E-state index in [1.807, 2.05) is 0 Å². The summed E-state index contributed by atoms with van der Waals surface area (Å²) in [5.41, 5.74) is 5.64. The van der Waals surface area contributed by atoms with E-state index < -0.39 is 0 Å². The third kappa shape index (κ3) is 1.65. The molecule has 1 aliphatic carbocycles. The first-order valence-corrected chi connectivity index (χ1v) is 5.33. The van der Waals surface area contributed by atoms with Crippen molar-refractivity contribution in [2.45, 2.75) is 34.1 Å². The van der Waals surface area contributed by atoms with Crippen molar-refractivity contribution in [2.75, 3.05) is 13.1 Å².